The highest BCUT2D eigenvalue weighted by atomic mass is 19.1. The molecule has 0 aromatic heterocycles. The molecule has 2 nitrogen and oxygen atoms in total. The third kappa shape index (κ3) is 3.70. The number of hydrogen-bond acceptors (Lipinski definition) is 2. The van der Waals surface area contributed by atoms with Crippen molar-refractivity contribution >= 4 is 0 Å². The summed E-state index contributed by atoms with van der Waals surface area (Å²) in [4.78, 5) is 0. The van der Waals surface area contributed by atoms with Gasteiger partial charge in [-0.1, -0.05) is 26.8 Å². The van der Waals surface area contributed by atoms with E-state index in [1.165, 1.54) is 13.2 Å². The number of halogens is 1. The molecule has 102 valence electrons. The van der Waals surface area contributed by atoms with Crippen molar-refractivity contribution in [2.24, 2.45) is 5.41 Å². The summed E-state index contributed by atoms with van der Waals surface area (Å²) in [6.07, 6.45) is 1.30. The Hall–Kier alpha value is -1.09. The van der Waals surface area contributed by atoms with E-state index >= 15 is 0 Å². The van der Waals surface area contributed by atoms with Gasteiger partial charge in [0.25, 0.3) is 0 Å². The van der Waals surface area contributed by atoms with E-state index in [0.29, 0.717) is 12.2 Å². The van der Waals surface area contributed by atoms with Crippen molar-refractivity contribution in [2.75, 3.05) is 7.11 Å². The van der Waals surface area contributed by atoms with Crippen LogP contribution in [0.5, 0.6) is 5.75 Å². The summed E-state index contributed by atoms with van der Waals surface area (Å²) in [5, 5.41) is 10.5. The lowest BCUT2D eigenvalue weighted by atomic mass is 9.82. The monoisotopic (exact) mass is 254 g/mol. The summed E-state index contributed by atoms with van der Waals surface area (Å²) < 4.78 is 19.1. The van der Waals surface area contributed by atoms with E-state index in [1.54, 1.807) is 19.1 Å². The maximum Gasteiger partial charge on any atom is 0.133 e. The summed E-state index contributed by atoms with van der Waals surface area (Å²) >= 11 is 0. The fraction of sp³-hybridized carbons (Fsp3) is 0.600. The first-order valence-electron chi connectivity index (χ1n) is 6.23. The van der Waals surface area contributed by atoms with Crippen molar-refractivity contribution in [3.05, 3.63) is 29.6 Å². The first-order valence-corrected chi connectivity index (χ1v) is 6.23. The lowest BCUT2D eigenvalue weighted by molar-refractivity contribution is 0.0300. The number of benzene rings is 1. The molecular weight excluding hydrogens is 231 g/mol. The van der Waals surface area contributed by atoms with Crippen LogP contribution in [-0.2, 0) is 5.60 Å². The third-order valence-corrected chi connectivity index (χ3v) is 3.10. The van der Waals surface area contributed by atoms with Gasteiger partial charge in [-0.15, -0.1) is 0 Å². The van der Waals surface area contributed by atoms with E-state index in [9.17, 15) is 9.50 Å². The molecule has 0 aliphatic carbocycles. The fourth-order valence-electron chi connectivity index (χ4n) is 1.94. The molecule has 1 aromatic rings. The Kier molecular flexibility index (Phi) is 4.38. The molecular formula is C15H23FO2. The molecule has 0 spiro atoms. The van der Waals surface area contributed by atoms with E-state index in [4.69, 9.17) is 4.74 Å². The quantitative estimate of drug-likeness (QED) is 0.884. The fourth-order valence-corrected chi connectivity index (χ4v) is 1.94. The van der Waals surface area contributed by atoms with Gasteiger partial charge in [-0.3, -0.25) is 0 Å². The normalized spacial score (nSPS) is 15.3. The van der Waals surface area contributed by atoms with E-state index in [-0.39, 0.29) is 11.0 Å². The van der Waals surface area contributed by atoms with Gasteiger partial charge in [-0.2, -0.15) is 0 Å². The zero-order valence-electron chi connectivity index (χ0n) is 11.9. The van der Waals surface area contributed by atoms with Gasteiger partial charge >= 0.3 is 0 Å². The molecule has 0 radical (unpaired) electrons. The molecule has 0 saturated carbocycles. The molecule has 1 atom stereocenters. The smallest absolute Gasteiger partial charge is 0.133 e. The van der Waals surface area contributed by atoms with Crippen LogP contribution in [0.1, 0.15) is 46.1 Å². The number of methoxy groups -OCH3 is 1. The van der Waals surface area contributed by atoms with Crippen LogP contribution in [0.3, 0.4) is 0 Å². The van der Waals surface area contributed by atoms with Gasteiger partial charge in [-0.05, 0) is 37.3 Å². The Morgan fingerprint density at radius 3 is 2.28 bits per heavy atom. The summed E-state index contributed by atoms with van der Waals surface area (Å²) in [5.41, 5.74) is -0.872. The predicted molar refractivity (Wildman–Crippen MR) is 71.2 cm³/mol. The second kappa shape index (κ2) is 5.27. The van der Waals surface area contributed by atoms with E-state index in [2.05, 4.69) is 20.8 Å². The Balaban J connectivity index is 3.04. The predicted octanol–water partition coefficient (Wildman–Crippen LogP) is 3.87. The lowest BCUT2D eigenvalue weighted by Crippen LogP contribution is -2.25. The van der Waals surface area contributed by atoms with Crippen LogP contribution in [0.25, 0.3) is 0 Å². The minimum absolute atomic E-state index is 0.0997. The largest absolute Gasteiger partial charge is 0.496 e. The van der Waals surface area contributed by atoms with Gasteiger partial charge in [0.1, 0.15) is 11.6 Å². The average molecular weight is 254 g/mol. The standard InChI is InChI=1S/C15H23FO2/c1-14(2,3)9-10-15(4,17)13-11(16)7-6-8-12(13)18-5/h6-8,17H,9-10H2,1-5H3. The first-order chi connectivity index (χ1) is 8.17. The van der Waals surface area contributed by atoms with Gasteiger partial charge in [0.2, 0.25) is 0 Å². The molecule has 0 bridgehead atoms. The zero-order chi connectivity index (χ0) is 14.0. The summed E-state index contributed by atoms with van der Waals surface area (Å²) in [6, 6.07) is 4.60. The highest BCUT2D eigenvalue weighted by Gasteiger charge is 2.31. The number of rotatable bonds is 4. The van der Waals surface area contributed by atoms with Crippen LogP contribution in [0.15, 0.2) is 18.2 Å². The van der Waals surface area contributed by atoms with Crippen LogP contribution in [0.4, 0.5) is 4.39 Å². The molecule has 1 N–H and O–H groups in total. The Morgan fingerprint density at radius 2 is 1.78 bits per heavy atom. The molecule has 18 heavy (non-hydrogen) atoms. The number of hydrogen-bond donors (Lipinski definition) is 1. The minimum Gasteiger partial charge on any atom is -0.496 e. The van der Waals surface area contributed by atoms with Crippen molar-refractivity contribution in [3.8, 4) is 5.75 Å². The topological polar surface area (TPSA) is 29.5 Å². The van der Waals surface area contributed by atoms with Crippen LogP contribution in [-0.4, -0.2) is 12.2 Å². The number of ether oxygens (including phenoxy) is 1. The molecule has 3 heteroatoms. The molecule has 1 unspecified atom stereocenters. The molecule has 0 amide bonds. The van der Waals surface area contributed by atoms with E-state index in [1.807, 2.05) is 0 Å². The van der Waals surface area contributed by atoms with Gasteiger partial charge in [-0.25, -0.2) is 4.39 Å². The Bertz CT molecular complexity index is 405. The zero-order valence-corrected chi connectivity index (χ0v) is 11.9. The van der Waals surface area contributed by atoms with Crippen LogP contribution < -0.4 is 4.74 Å². The summed E-state index contributed by atoms with van der Waals surface area (Å²) in [5.74, 6) is -0.0258. The minimum atomic E-state index is -1.22. The molecule has 1 aromatic carbocycles. The molecule has 0 aliphatic heterocycles. The Morgan fingerprint density at radius 1 is 1.17 bits per heavy atom. The van der Waals surface area contributed by atoms with E-state index in [0.717, 1.165) is 6.42 Å². The van der Waals surface area contributed by atoms with Crippen molar-refractivity contribution in [1.82, 2.24) is 0 Å². The molecule has 0 heterocycles. The third-order valence-electron chi connectivity index (χ3n) is 3.10. The van der Waals surface area contributed by atoms with Gasteiger partial charge < -0.3 is 9.84 Å². The van der Waals surface area contributed by atoms with Crippen molar-refractivity contribution in [3.63, 3.8) is 0 Å². The number of aliphatic hydroxyl groups is 1. The highest BCUT2D eigenvalue weighted by molar-refractivity contribution is 5.38. The van der Waals surface area contributed by atoms with Crippen molar-refractivity contribution in [1.29, 1.82) is 0 Å². The van der Waals surface area contributed by atoms with Gasteiger partial charge in [0, 0.05) is 0 Å². The van der Waals surface area contributed by atoms with Gasteiger partial charge in [0.05, 0.1) is 18.3 Å². The van der Waals surface area contributed by atoms with Gasteiger partial charge in [0.15, 0.2) is 0 Å². The van der Waals surface area contributed by atoms with Crippen molar-refractivity contribution < 1.29 is 14.2 Å². The average Bonchev–Trinajstić information content (AvgIpc) is 2.25. The molecule has 0 saturated heterocycles. The summed E-state index contributed by atoms with van der Waals surface area (Å²) in [7, 11) is 1.48. The molecule has 0 aliphatic rings. The lowest BCUT2D eigenvalue weighted by Gasteiger charge is -2.29. The van der Waals surface area contributed by atoms with Crippen molar-refractivity contribution in [2.45, 2.75) is 46.1 Å². The summed E-state index contributed by atoms with van der Waals surface area (Å²) in [6.45, 7) is 7.94. The highest BCUT2D eigenvalue weighted by Crippen LogP contribution is 2.37. The molecule has 0 fully saturated rings. The SMILES string of the molecule is COc1cccc(F)c1C(C)(O)CCC(C)(C)C. The van der Waals surface area contributed by atoms with Crippen LogP contribution in [0.2, 0.25) is 0 Å². The Labute approximate surface area is 109 Å². The van der Waals surface area contributed by atoms with Crippen LogP contribution in [0, 0.1) is 11.2 Å². The maximum atomic E-state index is 13.9. The second-order valence-corrected chi connectivity index (χ2v) is 6.15. The van der Waals surface area contributed by atoms with E-state index < -0.39 is 11.4 Å². The second-order valence-electron chi connectivity index (χ2n) is 6.15. The molecule has 1 rings (SSSR count). The first kappa shape index (κ1) is 15.0. The maximum absolute atomic E-state index is 13.9. The van der Waals surface area contributed by atoms with Crippen LogP contribution >= 0.6 is 0 Å².